The molecule has 0 aliphatic heterocycles. The van der Waals surface area contributed by atoms with Gasteiger partial charge in [-0.1, -0.05) is 212 Å². The smallest absolute Gasteiger partial charge is 0.165 e. The molecular formula is C68H42N4S. The summed E-state index contributed by atoms with van der Waals surface area (Å²) in [6, 6.07) is 92.2. The Morgan fingerprint density at radius 3 is 1.64 bits per heavy atom. The third-order valence-electron chi connectivity index (χ3n) is 15.1. The molecular weight excluding hydrogens is 905 g/mol. The summed E-state index contributed by atoms with van der Waals surface area (Å²) in [5.41, 5.74) is 15.3. The van der Waals surface area contributed by atoms with E-state index in [9.17, 15) is 0 Å². The maximum Gasteiger partial charge on any atom is 0.165 e. The molecule has 0 saturated carbocycles. The van der Waals surface area contributed by atoms with Gasteiger partial charge in [0.1, 0.15) is 0 Å². The van der Waals surface area contributed by atoms with Crippen molar-refractivity contribution < 1.29 is 0 Å². The highest BCUT2D eigenvalue weighted by molar-refractivity contribution is 7.26. The Morgan fingerprint density at radius 2 is 0.863 bits per heavy atom. The van der Waals surface area contributed by atoms with Gasteiger partial charge in [-0.2, -0.15) is 0 Å². The predicted octanol–water partition coefficient (Wildman–Crippen LogP) is 17.5. The van der Waals surface area contributed by atoms with E-state index in [0.29, 0.717) is 17.5 Å². The molecule has 73 heavy (non-hydrogen) atoms. The molecule has 11 aromatic carbocycles. The van der Waals surface area contributed by atoms with Crippen LogP contribution in [0.1, 0.15) is 22.3 Å². The van der Waals surface area contributed by atoms with Gasteiger partial charge in [-0.05, 0) is 97.7 Å². The molecule has 0 bridgehead atoms. The Balaban J connectivity index is 0.965. The van der Waals surface area contributed by atoms with Crippen LogP contribution in [0.25, 0.3) is 115 Å². The summed E-state index contributed by atoms with van der Waals surface area (Å²) in [6.07, 6.45) is 0. The fourth-order valence-electron chi connectivity index (χ4n) is 11.9. The van der Waals surface area contributed by atoms with Crippen molar-refractivity contribution in [2.45, 2.75) is 5.41 Å². The molecule has 1 aliphatic rings. The first-order valence-corrected chi connectivity index (χ1v) is 25.7. The summed E-state index contributed by atoms with van der Waals surface area (Å²) >= 11 is 1.81. The largest absolute Gasteiger partial charge is 0.308 e. The van der Waals surface area contributed by atoms with Crippen LogP contribution in [0, 0.1) is 0 Å². The SMILES string of the molecule is c1ccc(-c2cccc(-c3nc(-c4ccc5c(c4)C(c4ccccc4)(c4ccccc4)c4ccccc4-5)nc(-c4cccc5c4sc4c(-n6c7ccccc7c7cc8ccccc8cc76)cccc45)n3)c2)cc1. The maximum atomic E-state index is 5.53. The Morgan fingerprint density at radius 1 is 0.315 bits per heavy atom. The van der Waals surface area contributed by atoms with E-state index in [2.05, 4.69) is 259 Å². The average molecular weight is 947 g/mol. The van der Waals surface area contributed by atoms with Crippen molar-refractivity contribution in [1.82, 2.24) is 19.5 Å². The van der Waals surface area contributed by atoms with Crippen LogP contribution in [0.15, 0.2) is 255 Å². The first kappa shape index (κ1) is 41.5. The number of aromatic nitrogens is 4. The molecule has 4 nitrogen and oxygen atoms in total. The summed E-state index contributed by atoms with van der Waals surface area (Å²) in [5.74, 6) is 1.87. The van der Waals surface area contributed by atoms with Crippen LogP contribution < -0.4 is 0 Å². The molecule has 0 unspecified atom stereocenters. The van der Waals surface area contributed by atoms with Gasteiger partial charge in [-0.3, -0.25) is 0 Å². The Labute approximate surface area is 425 Å². The van der Waals surface area contributed by atoms with Gasteiger partial charge in [-0.15, -0.1) is 11.3 Å². The standard InChI is InChI=1S/C68H42N4S/c1-4-19-43(20-5-1)44-23-16-24-47(39-44)65-69-66(48-37-38-52-51-29-12-14-34-58(51)68(59(52)41-48,49-25-6-2-7-26-49)50-27-8-3-9-28-50)71-67(70-65)56-33-17-31-54-55-32-18-36-61(64(55)73-63(54)56)72-60-35-15-13-30-53(60)57-40-45-21-10-11-22-46(45)42-62(57)72/h1-42H. The Hall–Kier alpha value is -9.29. The second kappa shape index (κ2) is 16.4. The molecule has 0 fully saturated rings. The van der Waals surface area contributed by atoms with Gasteiger partial charge in [0.25, 0.3) is 0 Å². The summed E-state index contributed by atoms with van der Waals surface area (Å²) in [6.45, 7) is 0. The summed E-state index contributed by atoms with van der Waals surface area (Å²) in [7, 11) is 0. The first-order chi connectivity index (χ1) is 36.2. The Bertz CT molecular complexity index is 4460. The van der Waals surface area contributed by atoms with E-state index in [4.69, 9.17) is 15.0 Å². The molecule has 0 amide bonds. The number of benzene rings is 11. The monoisotopic (exact) mass is 946 g/mol. The molecule has 5 heteroatoms. The minimum Gasteiger partial charge on any atom is -0.308 e. The zero-order chi connectivity index (χ0) is 48.0. The zero-order valence-electron chi connectivity index (χ0n) is 39.4. The van der Waals surface area contributed by atoms with Gasteiger partial charge < -0.3 is 4.57 Å². The van der Waals surface area contributed by atoms with Crippen LogP contribution >= 0.6 is 11.3 Å². The van der Waals surface area contributed by atoms with Crippen molar-refractivity contribution in [3.63, 3.8) is 0 Å². The quantitative estimate of drug-likeness (QED) is 0.160. The van der Waals surface area contributed by atoms with Crippen molar-refractivity contribution >= 4 is 64.1 Å². The molecule has 3 aromatic heterocycles. The molecule has 0 spiro atoms. The molecule has 15 rings (SSSR count). The van der Waals surface area contributed by atoms with Crippen molar-refractivity contribution in [1.29, 1.82) is 0 Å². The number of para-hydroxylation sites is 1. The highest BCUT2D eigenvalue weighted by Gasteiger charge is 2.46. The van der Waals surface area contributed by atoms with Crippen molar-refractivity contribution in [3.05, 3.63) is 277 Å². The molecule has 14 aromatic rings. The van der Waals surface area contributed by atoms with E-state index in [1.54, 1.807) is 0 Å². The Kier molecular flexibility index (Phi) is 9.31. The molecule has 3 heterocycles. The molecule has 1 aliphatic carbocycles. The second-order valence-electron chi connectivity index (χ2n) is 19.0. The summed E-state index contributed by atoms with van der Waals surface area (Å²) < 4.78 is 4.81. The van der Waals surface area contributed by atoms with Crippen LogP contribution in [-0.2, 0) is 5.41 Å². The lowest BCUT2D eigenvalue weighted by atomic mass is 9.67. The molecule has 0 saturated heterocycles. The van der Waals surface area contributed by atoms with E-state index in [1.165, 1.54) is 81.4 Å². The molecule has 340 valence electrons. The van der Waals surface area contributed by atoms with Crippen LogP contribution in [0.5, 0.6) is 0 Å². The third kappa shape index (κ3) is 6.35. The van der Waals surface area contributed by atoms with Gasteiger partial charge in [0.2, 0.25) is 0 Å². The number of nitrogens with zero attached hydrogens (tertiary/aromatic N) is 4. The summed E-state index contributed by atoms with van der Waals surface area (Å²) in [4.78, 5) is 16.4. The van der Waals surface area contributed by atoms with Crippen molar-refractivity contribution in [2.24, 2.45) is 0 Å². The van der Waals surface area contributed by atoms with Crippen LogP contribution in [0.3, 0.4) is 0 Å². The van der Waals surface area contributed by atoms with Gasteiger partial charge >= 0.3 is 0 Å². The van der Waals surface area contributed by atoms with Crippen LogP contribution in [0.4, 0.5) is 0 Å². The van der Waals surface area contributed by atoms with E-state index < -0.39 is 5.41 Å². The third-order valence-corrected chi connectivity index (χ3v) is 16.4. The fourth-order valence-corrected chi connectivity index (χ4v) is 13.2. The highest BCUT2D eigenvalue weighted by atomic mass is 32.1. The number of hydrogen-bond donors (Lipinski definition) is 0. The molecule has 0 N–H and O–H groups in total. The van der Waals surface area contributed by atoms with E-state index in [0.717, 1.165) is 38.2 Å². The van der Waals surface area contributed by atoms with Gasteiger partial charge in [-0.25, -0.2) is 15.0 Å². The lowest BCUT2D eigenvalue weighted by molar-refractivity contribution is 0.768. The number of rotatable bonds is 7. The maximum absolute atomic E-state index is 5.53. The topological polar surface area (TPSA) is 43.6 Å². The zero-order valence-corrected chi connectivity index (χ0v) is 40.3. The number of hydrogen-bond acceptors (Lipinski definition) is 4. The normalized spacial score (nSPS) is 12.8. The lowest BCUT2D eigenvalue weighted by Gasteiger charge is -2.34. The van der Waals surface area contributed by atoms with E-state index >= 15 is 0 Å². The lowest BCUT2D eigenvalue weighted by Crippen LogP contribution is -2.28. The van der Waals surface area contributed by atoms with Crippen molar-refractivity contribution in [2.75, 3.05) is 0 Å². The van der Waals surface area contributed by atoms with E-state index in [-0.39, 0.29) is 0 Å². The molecule has 0 radical (unpaired) electrons. The minimum atomic E-state index is -0.572. The number of fused-ring (bicyclic) bond motifs is 10. The van der Waals surface area contributed by atoms with Gasteiger partial charge in [0.15, 0.2) is 17.5 Å². The van der Waals surface area contributed by atoms with Crippen LogP contribution in [0.2, 0.25) is 0 Å². The van der Waals surface area contributed by atoms with Crippen LogP contribution in [-0.4, -0.2) is 19.5 Å². The minimum absolute atomic E-state index is 0.572. The summed E-state index contributed by atoms with van der Waals surface area (Å²) in [5, 5.41) is 7.32. The van der Waals surface area contributed by atoms with Crippen molar-refractivity contribution in [3.8, 4) is 62.1 Å². The van der Waals surface area contributed by atoms with Gasteiger partial charge in [0, 0.05) is 42.9 Å². The van der Waals surface area contributed by atoms with Gasteiger partial charge in [0.05, 0.1) is 26.8 Å². The average Bonchev–Trinajstić information content (AvgIpc) is 4.11. The second-order valence-corrected chi connectivity index (χ2v) is 20.1. The number of thiophene rings is 1. The predicted molar refractivity (Wildman–Crippen MR) is 304 cm³/mol. The van der Waals surface area contributed by atoms with E-state index in [1.807, 2.05) is 11.3 Å². The fraction of sp³-hybridized carbons (Fsp3) is 0.0147. The highest BCUT2D eigenvalue weighted by Crippen LogP contribution is 2.57. The first-order valence-electron chi connectivity index (χ1n) is 24.8. The molecule has 0 atom stereocenters.